The van der Waals surface area contributed by atoms with E-state index in [4.69, 9.17) is 21.7 Å². The van der Waals surface area contributed by atoms with Crippen molar-refractivity contribution < 1.29 is 63.9 Å². The van der Waals surface area contributed by atoms with Crippen LogP contribution in [0.25, 0.3) is 0 Å². The Kier molecular flexibility index (Phi) is 18.5. The van der Waals surface area contributed by atoms with Gasteiger partial charge in [0.25, 0.3) is 0 Å². The zero-order valence-corrected chi connectivity index (χ0v) is 29.6. The maximum atomic E-state index is 13.8. The van der Waals surface area contributed by atoms with Gasteiger partial charge in [0.15, 0.2) is 0 Å². The lowest BCUT2D eigenvalue weighted by Gasteiger charge is -2.33. The molecule has 22 nitrogen and oxygen atoms in total. The summed E-state index contributed by atoms with van der Waals surface area (Å²) in [5.41, 5.74) is 11.2. The van der Waals surface area contributed by atoms with Crippen LogP contribution in [0.5, 0.6) is 0 Å². The lowest BCUT2D eigenvalue weighted by Crippen LogP contribution is -2.60. The summed E-state index contributed by atoms with van der Waals surface area (Å²) in [5, 5.41) is 58.2. The van der Waals surface area contributed by atoms with Gasteiger partial charge in [-0.15, -0.1) is 0 Å². The summed E-state index contributed by atoms with van der Waals surface area (Å²) in [4.78, 5) is 105. The molecule has 2 saturated heterocycles. The van der Waals surface area contributed by atoms with Crippen molar-refractivity contribution in [2.24, 2.45) is 11.5 Å². The smallest absolute Gasteiger partial charge is 0.328 e. The van der Waals surface area contributed by atoms with Crippen LogP contribution >= 0.6 is 0 Å². The maximum absolute atomic E-state index is 13.8. The Morgan fingerprint density at radius 2 is 1.34 bits per heavy atom. The van der Waals surface area contributed by atoms with E-state index in [0.717, 1.165) is 6.92 Å². The molecule has 14 N–H and O–H groups in total. The number of carbonyl (C=O) groups is 8. The number of aliphatic hydroxyl groups excluding tert-OH is 4. The molecule has 8 atom stereocenters. The molecule has 0 saturated carbocycles. The van der Waals surface area contributed by atoms with Crippen molar-refractivity contribution in [3.63, 3.8) is 0 Å². The van der Waals surface area contributed by atoms with E-state index in [-0.39, 0.29) is 25.9 Å². The van der Waals surface area contributed by atoms with Crippen molar-refractivity contribution >= 4 is 47.3 Å². The largest absolute Gasteiger partial charge is 0.480 e. The predicted octanol–water partition coefficient (Wildman–Crippen LogP) is -7.08. The molecule has 0 aromatic carbocycles. The summed E-state index contributed by atoms with van der Waals surface area (Å²) < 4.78 is 0. The van der Waals surface area contributed by atoms with E-state index in [2.05, 4.69) is 21.3 Å². The number of amides is 7. The van der Waals surface area contributed by atoms with Gasteiger partial charge < -0.3 is 73.4 Å². The number of unbranched alkanes of at least 4 members (excludes halogenated alkanes) is 1. The molecule has 2 rings (SSSR count). The van der Waals surface area contributed by atoms with Gasteiger partial charge in [-0.05, 0) is 58.4 Å². The molecule has 2 heterocycles. The van der Waals surface area contributed by atoms with E-state index >= 15 is 0 Å². The van der Waals surface area contributed by atoms with Gasteiger partial charge in [-0.3, -0.25) is 33.6 Å². The van der Waals surface area contributed by atoms with Gasteiger partial charge >= 0.3 is 5.97 Å². The summed E-state index contributed by atoms with van der Waals surface area (Å²) in [5.74, 6) is -7.24. The Labute approximate surface area is 305 Å². The molecule has 0 aliphatic carbocycles. The van der Waals surface area contributed by atoms with Crippen molar-refractivity contribution in [3.05, 3.63) is 0 Å². The first-order chi connectivity index (χ1) is 25.1. The Hall–Kier alpha value is -4.48. The van der Waals surface area contributed by atoms with Gasteiger partial charge in [0, 0.05) is 13.1 Å². The summed E-state index contributed by atoms with van der Waals surface area (Å²) in [6, 6.07) is -9.31. The fraction of sp³-hybridized carbons (Fsp3) is 0.742. The van der Waals surface area contributed by atoms with Gasteiger partial charge in [-0.25, -0.2) is 4.79 Å². The Morgan fingerprint density at radius 3 is 1.91 bits per heavy atom. The Morgan fingerprint density at radius 1 is 0.755 bits per heavy atom. The van der Waals surface area contributed by atoms with E-state index in [0.29, 0.717) is 38.6 Å². The average Bonchev–Trinajstić information content (AvgIpc) is 3.83. The highest BCUT2D eigenvalue weighted by atomic mass is 16.4. The number of nitrogens with one attached hydrogen (secondary N) is 5. The molecule has 0 aromatic heterocycles. The minimum Gasteiger partial charge on any atom is -0.480 e. The second-order valence-electron chi connectivity index (χ2n) is 12.8. The number of hydrogen-bond donors (Lipinski definition) is 12. The molecule has 0 bridgehead atoms. The fourth-order valence-corrected chi connectivity index (χ4v) is 5.92. The van der Waals surface area contributed by atoms with Crippen LogP contribution in [0.3, 0.4) is 0 Å². The van der Waals surface area contributed by atoms with E-state index in [1.807, 2.05) is 5.32 Å². The molecular weight excluding hydrogens is 706 g/mol. The standard InChI is InChI=1S/C31H53N9O13/c1-16(44)24(28(49)36-19(14-42)26(47)37-20(15-43)31(52)53)38-23(45)12-34-27(48)21-7-4-10-39(21)30(51)22-8-5-11-40(22)29(50)18(6-2-3-9-32)35-25(46)17(33)13-41/h16-22,24,41-44H,2-15,32-33H2,1H3,(H,34,48)(H,35,46)(H,36,49)(H,37,47)(H,38,45)(H,52,53)/t16-,17+,18+,19+,20+,21+,22+,24+/m1/s1. The number of carbonyl (C=O) groups excluding carboxylic acids is 7. The third-order valence-corrected chi connectivity index (χ3v) is 8.87. The first-order valence-electron chi connectivity index (χ1n) is 17.4. The SMILES string of the molecule is C[C@@H](O)[C@H](NC(=O)CNC(=O)[C@@H]1CCCN1C(=O)[C@@H]1CCCN1C(=O)[C@H](CCCCN)NC(=O)[C@@H](N)CO)C(=O)N[C@@H](CO)C(=O)N[C@@H](CO)C(=O)O. The minimum absolute atomic E-state index is 0.194. The second kappa shape index (κ2) is 21.9. The van der Waals surface area contributed by atoms with Crippen LogP contribution in [0.15, 0.2) is 0 Å². The van der Waals surface area contributed by atoms with E-state index in [9.17, 15) is 53.7 Å². The van der Waals surface area contributed by atoms with Crippen LogP contribution in [-0.2, 0) is 38.4 Å². The number of carboxylic acids is 1. The predicted molar refractivity (Wildman–Crippen MR) is 182 cm³/mol. The maximum Gasteiger partial charge on any atom is 0.328 e. The fourth-order valence-electron chi connectivity index (χ4n) is 5.92. The number of rotatable bonds is 21. The lowest BCUT2D eigenvalue weighted by atomic mass is 10.1. The van der Waals surface area contributed by atoms with Crippen LogP contribution < -0.4 is 38.1 Å². The number of aliphatic carboxylic acids is 1. The summed E-state index contributed by atoms with van der Waals surface area (Å²) in [6.45, 7) is -1.38. The normalized spacial score (nSPS) is 20.3. The lowest BCUT2D eigenvalue weighted by molar-refractivity contribution is -0.148. The molecule has 22 heteroatoms. The number of nitrogens with zero attached hydrogens (tertiary/aromatic N) is 2. The quantitative estimate of drug-likeness (QED) is 0.0484. The van der Waals surface area contributed by atoms with Crippen molar-refractivity contribution in [1.82, 2.24) is 36.4 Å². The van der Waals surface area contributed by atoms with E-state index in [1.54, 1.807) is 0 Å². The minimum atomic E-state index is -1.73. The number of carboxylic acid groups (broad SMARTS) is 1. The monoisotopic (exact) mass is 759 g/mol. The Balaban J connectivity index is 2.04. The van der Waals surface area contributed by atoms with Crippen molar-refractivity contribution in [1.29, 1.82) is 0 Å². The first-order valence-corrected chi connectivity index (χ1v) is 17.4. The van der Waals surface area contributed by atoms with Gasteiger partial charge in [-0.2, -0.15) is 0 Å². The van der Waals surface area contributed by atoms with Crippen LogP contribution in [0.2, 0.25) is 0 Å². The van der Waals surface area contributed by atoms with Crippen LogP contribution in [0, 0.1) is 0 Å². The van der Waals surface area contributed by atoms with Gasteiger partial charge in [-0.1, -0.05) is 0 Å². The van der Waals surface area contributed by atoms with Crippen molar-refractivity contribution in [2.45, 2.75) is 100 Å². The van der Waals surface area contributed by atoms with Gasteiger partial charge in [0.1, 0.15) is 42.3 Å². The zero-order valence-electron chi connectivity index (χ0n) is 29.6. The number of likely N-dealkylation sites (tertiary alicyclic amines) is 2. The summed E-state index contributed by atoms with van der Waals surface area (Å²) >= 11 is 0. The topological polar surface area (TPSA) is 356 Å². The molecular formula is C31H53N9O13. The number of hydrogen-bond acceptors (Lipinski definition) is 14. The molecule has 0 unspecified atom stereocenters. The Bertz CT molecular complexity index is 1320. The van der Waals surface area contributed by atoms with E-state index in [1.165, 1.54) is 9.80 Å². The van der Waals surface area contributed by atoms with Crippen LogP contribution in [-0.4, -0.2) is 177 Å². The van der Waals surface area contributed by atoms with Gasteiger partial charge in [0.05, 0.1) is 32.5 Å². The molecule has 0 aromatic rings. The molecule has 2 fully saturated rings. The van der Waals surface area contributed by atoms with Crippen molar-refractivity contribution in [3.8, 4) is 0 Å². The molecule has 53 heavy (non-hydrogen) atoms. The summed E-state index contributed by atoms with van der Waals surface area (Å²) in [7, 11) is 0. The number of aliphatic hydroxyl groups is 4. The highest BCUT2D eigenvalue weighted by Gasteiger charge is 2.43. The van der Waals surface area contributed by atoms with Gasteiger partial charge in [0.2, 0.25) is 41.4 Å². The van der Waals surface area contributed by atoms with Crippen LogP contribution in [0.4, 0.5) is 0 Å². The number of nitrogens with two attached hydrogens (primary N) is 2. The first kappa shape index (κ1) is 44.7. The molecule has 7 amide bonds. The third kappa shape index (κ3) is 12.9. The van der Waals surface area contributed by atoms with Crippen molar-refractivity contribution in [2.75, 3.05) is 46.0 Å². The highest BCUT2D eigenvalue weighted by Crippen LogP contribution is 2.26. The molecule has 0 radical (unpaired) electrons. The van der Waals surface area contributed by atoms with Crippen LogP contribution in [0.1, 0.15) is 51.9 Å². The summed E-state index contributed by atoms with van der Waals surface area (Å²) in [6.07, 6.45) is 1.25. The molecule has 0 spiro atoms. The highest BCUT2D eigenvalue weighted by molar-refractivity contribution is 5.97. The molecule has 2 aliphatic rings. The molecule has 300 valence electrons. The average molecular weight is 760 g/mol. The second-order valence-corrected chi connectivity index (χ2v) is 12.8. The molecule has 2 aliphatic heterocycles. The zero-order chi connectivity index (χ0) is 39.8. The van der Waals surface area contributed by atoms with E-state index < -0.39 is 122 Å². The third-order valence-electron chi connectivity index (χ3n) is 8.87.